The van der Waals surface area contributed by atoms with Crippen LogP contribution in [0.2, 0.25) is 0 Å². The predicted molar refractivity (Wildman–Crippen MR) is 175 cm³/mol. The molecule has 0 spiro atoms. The lowest BCUT2D eigenvalue weighted by atomic mass is 9.85. The highest BCUT2D eigenvalue weighted by molar-refractivity contribution is 7.89. The monoisotopic (exact) mass is 718 g/mol. The molecule has 49 heavy (non-hydrogen) atoms. The summed E-state index contributed by atoms with van der Waals surface area (Å²) in [4.78, 5) is 68.4. The minimum absolute atomic E-state index is 0.0472. The Morgan fingerprint density at radius 2 is 1.63 bits per heavy atom. The molecule has 1 heterocycles. The largest absolute Gasteiger partial charge is 0.511 e. The van der Waals surface area contributed by atoms with Crippen LogP contribution >= 0.6 is 0 Å². The molecule has 6 atom stereocenters. The lowest BCUT2D eigenvalue weighted by Gasteiger charge is -2.38. The quantitative estimate of drug-likeness (QED) is 0.148. The van der Waals surface area contributed by atoms with Crippen LogP contribution in [0.15, 0.2) is 24.8 Å². The van der Waals surface area contributed by atoms with Crippen molar-refractivity contribution in [3.63, 3.8) is 0 Å². The van der Waals surface area contributed by atoms with Crippen LogP contribution in [-0.2, 0) is 29.2 Å². The second-order valence-corrected chi connectivity index (χ2v) is 17.1. The van der Waals surface area contributed by atoms with Gasteiger partial charge in [0, 0.05) is 26.7 Å². The Kier molecular flexibility index (Phi) is 11.8. The van der Waals surface area contributed by atoms with Crippen LogP contribution in [0.3, 0.4) is 0 Å². The topological polar surface area (TPSA) is 174 Å². The highest BCUT2D eigenvalue weighted by Crippen LogP contribution is 2.65. The third-order valence-corrected chi connectivity index (χ3v) is 11.3. The van der Waals surface area contributed by atoms with Gasteiger partial charge in [0.2, 0.25) is 17.6 Å². The molecule has 1 unspecified atom stereocenters. The molecule has 13 nitrogen and oxygen atoms in total. The maximum Gasteiger partial charge on any atom is 0.511 e. The molecule has 3 aliphatic rings. The number of Topliss-reactive ketones (excluding diaryl/α,β-unsaturated/α-hetero) is 1. The zero-order chi connectivity index (χ0) is 37.4. The van der Waals surface area contributed by atoms with E-state index < -0.39 is 81.2 Å². The highest BCUT2D eigenvalue weighted by atomic mass is 32.2. The number of rotatable bonds is 15. The smallest absolute Gasteiger partial charge is 0.346 e. The number of ketones is 1. The second-order valence-electron chi connectivity index (χ2n) is 15.0. The first-order valence-electron chi connectivity index (χ1n) is 16.1. The number of fused-ring (bicyclic) bond motifs is 1. The van der Waals surface area contributed by atoms with Gasteiger partial charge in [0.25, 0.3) is 5.91 Å². The van der Waals surface area contributed by atoms with Crippen LogP contribution in [0, 0.1) is 28.6 Å². The van der Waals surface area contributed by atoms with E-state index in [0.29, 0.717) is 0 Å². The van der Waals surface area contributed by atoms with Gasteiger partial charge in [-0.15, -0.1) is 6.58 Å². The molecule has 0 radical (unpaired) electrons. The van der Waals surface area contributed by atoms with Gasteiger partial charge in [0.1, 0.15) is 12.1 Å². The molecule has 3 fully saturated rings. The van der Waals surface area contributed by atoms with Crippen LogP contribution in [-0.4, -0.2) is 104 Å². The van der Waals surface area contributed by atoms with Crippen molar-refractivity contribution in [2.75, 3.05) is 26.7 Å². The summed E-state index contributed by atoms with van der Waals surface area (Å²) in [6.45, 7) is 17.0. The number of piperidine rings is 1. The van der Waals surface area contributed by atoms with Gasteiger partial charge in [-0.1, -0.05) is 65.7 Å². The third kappa shape index (κ3) is 9.01. The van der Waals surface area contributed by atoms with Gasteiger partial charge in [-0.2, -0.15) is 17.5 Å². The zero-order valence-electron chi connectivity index (χ0n) is 29.1. The number of urea groups is 1. The van der Waals surface area contributed by atoms with E-state index in [1.807, 2.05) is 13.8 Å². The molecule has 5 amide bonds. The molecule has 3 rings (SSSR count). The van der Waals surface area contributed by atoms with Gasteiger partial charge >= 0.3 is 21.6 Å². The molecular formula is C32H49F3N6O7S. The molecule has 0 aromatic rings. The minimum atomic E-state index is -5.69. The SMILES string of the molecule is C=CCNC(=O)C(=O)C(CC1CC1)NC(=O)[C@@H]1[C@@H]2[C@H](CN1C(=O)[C@@H](NC(=O)N[C@H](CN(C)S(=O)(=O)C(F)(F)F)C(=C)C)C(C)(C)C)C2(C)C. The van der Waals surface area contributed by atoms with E-state index in [4.69, 9.17) is 0 Å². The summed E-state index contributed by atoms with van der Waals surface area (Å²) < 4.78 is 63.0. The summed E-state index contributed by atoms with van der Waals surface area (Å²) in [5, 5.41) is 10.2. The lowest BCUT2D eigenvalue weighted by molar-refractivity contribution is -0.145. The molecule has 0 bridgehead atoms. The van der Waals surface area contributed by atoms with Crippen molar-refractivity contribution in [2.45, 2.75) is 90.5 Å². The van der Waals surface area contributed by atoms with Crippen LogP contribution in [0.4, 0.5) is 18.0 Å². The van der Waals surface area contributed by atoms with Crippen molar-refractivity contribution in [2.24, 2.45) is 28.6 Å². The van der Waals surface area contributed by atoms with Gasteiger partial charge < -0.3 is 26.2 Å². The van der Waals surface area contributed by atoms with Gasteiger partial charge in [-0.3, -0.25) is 19.2 Å². The van der Waals surface area contributed by atoms with Crippen LogP contribution in [0.5, 0.6) is 0 Å². The van der Waals surface area contributed by atoms with E-state index in [-0.39, 0.29) is 52.6 Å². The van der Waals surface area contributed by atoms with Crippen LogP contribution < -0.4 is 21.3 Å². The minimum Gasteiger partial charge on any atom is -0.346 e. The number of alkyl halides is 3. The molecule has 1 aliphatic heterocycles. The van der Waals surface area contributed by atoms with E-state index in [9.17, 15) is 45.6 Å². The van der Waals surface area contributed by atoms with Crippen molar-refractivity contribution >= 4 is 39.6 Å². The van der Waals surface area contributed by atoms with Gasteiger partial charge in [0.15, 0.2) is 0 Å². The molecule has 0 aromatic carbocycles. The Labute approximate surface area is 285 Å². The summed E-state index contributed by atoms with van der Waals surface area (Å²) in [5.74, 6) is -2.95. The molecule has 2 saturated carbocycles. The number of nitrogens with one attached hydrogen (secondary N) is 4. The van der Waals surface area contributed by atoms with Crippen molar-refractivity contribution in [1.82, 2.24) is 30.5 Å². The maximum absolute atomic E-state index is 14.2. The summed E-state index contributed by atoms with van der Waals surface area (Å²) in [7, 11) is -4.96. The molecule has 1 saturated heterocycles. The number of carbonyl (C=O) groups is 5. The number of hydrogen-bond acceptors (Lipinski definition) is 7. The number of likely N-dealkylation sites (tertiary alicyclic amines) is 1. The first-order valence-corrected chi connectivity index (χ1v) is 17.6. The fourth-order valence-electron chi connectivity index (χ4n) is 6.40. The van der Waals surface area contributed by atoms with Gasteiger partial charge in [0.05, 0.1) is 12.1 Å². The van der Waals surface area contributed by atoms with E-state index in [2.05, 4.69) is 34.4 Å². The Morgan fingerprint density at radius 3 is 2.12 bits per heavy atom. The Bertz CT molecular complexity index is 1470. The van der Waals surface area contributed by atoms with Crippen molar-refractivity contribution in [1.29, 1.82) is 0 Å². The number of nitrogens with zero attached hydrogens (tertiary/aromatic N) is 2. The molecule has 276 valence electrons. The number of likely N-dealkylation sites (N-methyl/N-ethyl adjacent to an activating group) is 1. The first kappa shape index (κ1) is 40.0. The summed E-state index contributed by atoms with van der Waals surface area (Å²) in [6.07, 6.45) is 3.43. The second kappa shape index (κ2) is 14.4. The van der Waals surface area contributed by atoms with E-state index in [0.717, 1.165) is 19.9 Å². The molecule has 2 aliphatic carbocycles. The number of hydrogen-bond donors (Lipinski definition) is 4. The predicted octanol–water partition coefficient (Wildman–Crippen LogP) is 2.07. The number of halogens is 3. The van der Waals surface area contributed by atoms with Crippen LogP contribution in [0.1, 0.15) is 60.8 Å². The Morgan fingerprint density at radius 1 is 1.04 bits per heavy atom. The van der Waals surface area contributed by atoms with E-state index >= 15 is 0 Å². The standard InChI is InChI=1S/C32H49F3N6O7S/c1-10-13-36-27(44)24(42)20(14-18-11-12-18)37-26(43)23-22-19(31(22,7)8)15-41(23)28(45)25(30(4,5)6)39-29(46)38-21(17(2)3)16-40(9)49(47,48)32(33,34)35/h10,18-23,25H,1-2,11-16H2,3-9H3,(H,36,44)(H,37,43)(H2,38,39,46)/t19-,20?,21+,22-,23-,25+/m0/s1. The molecule has 4 N–H and O–H groups in total. The van der Waals surface area contributed by atoms with E-state index in [1.165, 1.54) is 17.9 Å². The van der Waals surface area contributed by atoms with Gasteiger partial charge in [-0.05, 0) is 41.9 Å². The zero-order valence-corrected chi connectivity index (χ0v) is 29.9. The first-order chi connectivity index (χ1) is 22.4. The fourth-order valence-corrected chi connectivity index (χ4v) is 7.10. The normalized spacial score (nSPS) is 23.4. The van der Waals surface area contributed by atoms with Crippen molar-refractivity contribution in [3.8, 4) is 0 Å². The average Bonchev–Trinajstić information content (AvgIpc) is 3.83. The Balaban J connectivity index is 1.82. The van der Waals surface area contributed by atoms with Crippen LogP contribution in [0.25, 0.3) is 0 Å². The summed E-state index contributed by atoms with van der Waals surface area (Å²) >= 11 is 0. The molecular weight excluding hydrogens is 669 g/mol. The van der Waals surface area contributed by atoms with Crippen molar-refractivity contribution < 1.29 is 45.6 Å². The third-order valence-electron chi connectivity index (χ3n) is 9.72. The number of carbonyl (C=O) groups excluding carboxylic acids is 5. The molecule has 17 heteroatoms. The maximum atomic E-state index is 14.2. The highest BCUT2D eigenvalue weighted by Gasteiger charge is 2.70. The van der Waals surface area contributed by atoms with E-state index in [1.54, 1.807) is 20.8 Å². The lowest BCUT2D eigenvalue weighted by Crippen LogP contribution is -2.62. The van der Waals surface area contributed by atoms with Crippen molar-refractivity contribution in [3.05, 3.63) is 24.8 Å². The number of sulfonamides is 1. The Hall–Kier alpha value is -3.47. The fraction of sp³-hybridized carbons (Fsp3) is 0.719. The number of amides is 5. The average molecular weight is 719 g/mol. The summed E-state index contributed by atoms with van der Waals surface area (Å²) in [6, 6.07) is -5.55. The summed E-state index contributed by atoms with van der Waals surface area (Å²) in [5.41, 5.74) is -6.62. The van der Waals surface area contributed by atoms with Gasteiger partial charge in [-0.25, -0.2) is 13.2 Å². The molecule has 0 aromatic heterocycles.